The highest BCUT2D eigenvalue weighted by Gasteiger charge is 2.26. The van der Waals surface area contributed by atoms with Gasteiger partial charge in [-0.15, -0.1) is 0 Å². The van der Waals surface area contributed by atoms with Crippen LogP contribution in [0.5, 0.6) is 5.75 Å². The molecule has 0 saturated heterocycles. The Morgan fingerprint density at radius 2 is 1.56 bits per heavy atom. The zero-order valence-corrected chi connectivity index (χ0v) is 25.5. The lowest BCUT2D eigenvalue weighted by atomic mass is 9.94. The summed E-state index contributed by atoms with van der Waals surface area (Å²) in [6.07, 6.45) is -0.383. The van der Waals surface area contributed by atoms with Crippen LogP contribution in [0.4, 0.5) is 10.6 Å². The Morgan fingerprint density at radius 1 is 0.953 bits per heavy atom. The van der Waals surface area contributed by atoms with Gasteiger partial charge in [-0.3, -0.25) is 10.1 Å². The number of nitrogens with one attached hydrogen (secondary N) is 2. The highest BCUT2D eigenvalue weighted by Crippen LogP contribution is 2.35. The molecule has 222 valence electrons. The summed E-state index contributed by atoms with van der Waals surface area (Å²) in [6, 6.07) is 20.4. The highest BCUT2D eigenvalue weighted by atomic mass is 35.5. The molecular formula is C31H30ClN5O5S. The van der Waals surface area contributed by atoms with Gasteiger partial charge in [0.25, 0.3) is 10.0 Å². The third-order valence-corrected chi connectivity index (χ3v) is 8.10. The number of carbonyl (C=O) groups excluding carboxylic acids is 2. The van der Waals surface area contributed by atoms with Gasteiger partial charge < -0.3 is 4.74 Å². The van der Waals surface area contributed by atoms with Crippen LogP contribution in [0.3, 0.4) is 0 Å². The Kier molecular flexibility index (Phi) is 9.53. The molecule has 10 nitrogen and oxygen atoms in total. The number of nitriles is 1. The van der Waals surface area contributed by atoms with Crippen molar-refractivity contribution in [3.05, 3.63) is 100 Å². The number of rotatable bonds is 9. The number of nitrogens with zero attached hydrogens (tertiary/aromatic N) is 3. The van der Waals surface area contributed by atoms with Crippen molar-refractivity contribution in [2.75, 3.05) is 5.32 Å². The normalized spacial score (nSPS) is 11.3. The lowest BCUT2D eigenvalue weighted by Crippen LogP contribution is -2.35. The number of para-hydroxylation sites is 2. The summed E-state index contributed by atoms with van der Waals surface area (Å²) in [4.78, 5) is 26.0. The average Bonchev–Trinajstić information content (AvgIpc) is 3.29. The van der Waals surface area contributed by atoms with Gasteiger partial charge in [0.1, 0.15) is 17.4 Å². The minimum absolute atomic E-state index is 0.0420. The van der Waals surface area contributed by atoms with Crippen molar-refractivity contribution in [3.63, 3.8) is 0 Å². The molecule has 0 unspecified atom stereocenters. The molecule has 12 heteroatoms. The lowest BCUT2D eigenvalue weighted by molar-refractivity contribution is -0.133. The van der Waals surface area contributed by atoms with Gasteiger partial charge in [0.2, 0.25) is 0 Å². The van der Waals surface area contributed by atoms with Crippen LogP contribution >= 0.6 is 11.6 Å². The fourth-order valence-electron chi connectivity index (χ4n) is 4.39. The average molecular weight is 620 g/mol. The van der Waals surface area contributed by atoms with Crippen molar-refractivity contribution in [1.29, 1.82) is 5.26 Å². The van der Waals surface area contributed by atoms with Gasteiger partial charge in [-0.25, -0.2) is 22.6 Å². The van der Waals surface area contributed by atoms with E-state index in [1.165, 1.54) is 28.9 Å². The van der Waals surface area contributed by atoms with Gasteiger partial charge in [0.15, 0.2) is 5.82 Å². The van der Waals surface area contributed by atoms with Gasteiger partial charge in [0, 0.05) is 5.02 Å². The molecule has 0 saturated carbocycles. The monoisotopic (exact) mass is 619 g/mol. The molecule has 1 heterocycles. The molecule has 43 heavy (non-hydrogen) atoms. The van der Waals surface area contributed by atoms with Crippen LogP contribution in [0.1, 0.15) is 61.9 Å². The Morgan fingerprint density at radius 3 is 2.12 bits per heavy atom. The third kappa shape index (κ3) is 7.23. The van der Waals surface area contributed by atoms with E-state index in [4.69, 9.17) is 16.3 Å². The first kappa shape index (κ1) is 31.3. The molecule has 4 aromatic rings. The number of ether oxygens (including phenoxy) is 1. The second kappa shape index (κ2) is 13.1. The van der Waals surface area contributed by atoms with Crippen LogP contribution in [0.25, 0.3) is 5.69 Å². The molecule has 0 fully saturated rings. The number of esters is 1. The molecule has 4 rings (SSSR count). The van der Waals surface area contributed by atoms with Gasteiger partial charge in [-0.2, -0.15) is 10.4 Å². The SMILES string of the molecule is CC(C)c1cccc(C(C)C)c1OC(=O)Cc1nn(-c2ccccc2)c(NC(=O)NS(=O)(=O)c2ccc(Cl)cc2)c1C#N. The summed E-state index contributed by atoms with van der Waals surface area (Å²) in [6.45, 7) is 8.01. The second-order valence-corrected chi connectivity index (χ2v) is 12.4. The van der Waals surface area contributed by atoms with Gasteiger partial charge in [-0.1, -0.05) is 75.7 Å². The zero-order valence-electron chi connectivity index (χ0n) is 24.0. The smallest absolute Gasteiger partial charge is 0.334 e. The predicted octanol–water partition coefficient (Wildman–Crippen LogP) is 6.30. The maximum Gasteiger partial charge on any atom is 0.334 e. The molecule has 0 radical (unpaired) electrons. The summed E-state index contributed by atoms with van der Waals surface area (Å²) in [5, 5.41) is 17.3. The minimum atomic E-state index is -4.27. The van der Waals surface area contributed by atoms with Gasteiger partial charge >= 0.3 is 12.0 Å². The summed E-state index contributed by atoms with van der Waals surface area (Å²) in [5.74, 6) is -0.112. The third-order valence-electron chi connectivity index (χ3n) is 6.50. The van der Waals surface area contributed by atoms with Crippen molar-refractivity contribution in [3.8, 4) is 17.5 Å². The molecule has 3 aromatic carbocycles. The standard InChI is InChI=1S/C31H30ClN5O5S/c1-19(2)24-11-8-12-25(20(3)4)29(24)42-28(38)17-27-26(18-33)30(37(35-27)22-9-6-5-7-10-22)34-31(39)36-43(40,41)23-15-13-21(32)14-16-23/h5-16,19-20H,17H2,1-4H3,(H2,34,36,39). The molecule has 1 aromatic heterocycles. The molecule has 0 aliphatic heterocycles. The van der Waals surface area contributed by atoms with E-state index in [-0.39, 0.29) is 40.2 Å². The minimum Gasteiger partial charge on any atom is -0.426 e. The molecule has 2 N–H and O–H groups in total. The van der Waals surface area contributed by atoms with Crippen molar-refractivity contribution >= 4 is 39.4 Å². The summed E-state index contributed by atoms with van der Waals surface area (Å²) in [7, 11) is -4.27. The van der Waals surface area contributed by atoms with Crippen molar-refractivity contribution in [2.24, 2.45) is 0 Å². The van der Waals surface area contributed by atoms with Gasteiger partial charge in [-0.05, 0) is 59.4 Å². The van der Waals surface area contributed by atoms with Crippen LogP contribution in [-0.4, -0.2) is 30.2 Å². The van der Waals surface area contributed by atoms with Crippen LogP contribution in [-0.2, 0) is 21.2 Å². The molecule has 0 atom stereocenters. The second-order valence-electron chi connectivity index (χ2n) is 10.3. The summed E-state index contributed by atoms with van der Waals surface area (Å²) < 4.78 is 34.6. The fourth-order valence-corrected chi connectivity index (χ4v) is 5.42. The summed E-state index contributed by atoms with van der Waals surface area (Å²) in [5.41, 5.74) is 2.12. The number of urea groups is 1. The van der Waals surface area contributed by atoms with E-state index >= 15 is 0 Å². The molecule has 0 aliphatic rings. The van der Waals surface area contributed by atoms with Crippen molar-refractivity contribution in [2.45, 2.75) is 50.8 Å². The first-order chi connectivity index (χ1) is 20.4. The Hall–Kier alpha value is -4.66. The van der Waals surface area contributed by atoms with Gasteiger partial charge in [0.05, 0.1) is 22.7 Å². The number of amides is 2. The number of sulfonamides is 1. The number of hydrogen-bond donors (Lipinski definition) is 2. The first-order valence-corrected chi connectivity index (χ1v) is 15.3. The zero-order chi connectivity index (χ0) is 31.3. The maximum atomic E-state index is 13.3. The van der Waals surface area contributed by atoms with Crippen molar-refractivity contribution in [1.82, 2.24) is 14.5 Å². The van der Waals surface area contributed by atoms with Crippen molar-refractivity contribution < 1.29 is 22.7 Å². The molecule has 0 spiro atoms. The van der Waals surface area contributed by atoms with E-state index in [9.17, 15) is 23.3 Å². The van der Waals surface area contributed by atoms with E-state index < -0.39 is 22.0 Å². The number of anilines is 1. The topological polar surface area (TPSA) is 143 Å². The maximum absolute atomic E-state index is 13.3. The Balaban J connectivity index is 1.67. The number of hydrogen-bond acceptors (Lipinski definition) is 7. The molecule has 0 aliphatic carbocycles. The Bertz CT molecular complexity index is 1770. The van der Waals surface area contributed by atoms with E-state index in [0.717, 1.165) is 11.1 Å². The molecule has 0 bridgehead atoms. The van der Waals surface area contributed by atoms with E-state index in [0.29, 0.717) is 16.5 Å². The van der Waals surface area contributed by atoms with Crippen LogP contribution < -0.4 is 14.8 Å². The summed E-state index contributed by atoms with van der Waals surface area (Å²) >= 11 is 5.84. The van der Waals surface area contributed by atoms with E-state index in [1.54, 1.807) is 30.3 Å². The Labute approximate surface area is 255 Å². The lowest BCUT2D eigenvalue weighted by Gasteiger charge is -2.18. The van der Waals surface area contributed by atoms with Crippen LogP contribution in [0.2, 0.25) is 5.02 Å². The number of aromatic nitrogens is 2. The quantitative estimate of drug-likeness (QED) is 0.165. The molecular weight excluding hydrogens is 590 g/mol. The number of halogens is 1. The largest absolute Gasteiger partial charge is 0.426 e. The van der Waals surface area contributed by atoms with E-state index in [1.807, 2.05) is 56.7 Å². The van der Waals surface area contributed by atoms with Crippen LogP contribution in [0, 0.1) is 11.3 Å². The van der Waals surface area contributed by atoms with Crippen LogP contribution in [0.15, 0.2) is 77.7 Å². The number of benzene rings is 3. The predicted molar refractivity (Wildman–Crippen MR) is 163 cm³/mol. The van der Waals surface area contributed by atoms with E-state index in [2.05, 4.69) is 10.4 Å². The first-order valence-electron chi connectivity index (χ1n) is 13.4. The number of carbonyl (C=O) groups is 2. The highest BCUT2D eigenvalue weighted by molar-refractivity contribution is 7.90. The fraction of sp³-hybridized carbons (Fsp3) is 0.226. The molecule has 2 amide bonds.